The van der Waals surface area contributed by atoms with Crippen LogP contribution in [0.2, 0.25) is 5.02 Å². The Morgan fingerprint density at radius 1 is 0.824 bits per heavy atom. The van der Waals surface area contributed by atoms with E-state index in [9.17, 15) is 27.8 Å². The van der Waals surface area contributed by atoms with Gasteiger partial charge < -0.3 is 10.2 Å². The van der Waals surface area contributed by atoms with E-state index >= 15 is 0 Å². The summed E-state index contributed by atoms with van der Waals surface area (Å²) in [5.74, 6) is -2.89. The molecule has 0 aliphatic carbocycles. The van der Waals surface area contributed by atoms with Crippen LogP contribution >= 0.6 is 11.6 Å². The number of carboxylic acids is 1. The monoisotopic (exact) mass is 497 g/mol. The normalized spacial score (nSPS) is 11.2. The van der Waals surface area contributed by atoms with Crippen LogP contribution in [0.25, 0.3) is 22.3 Å². The van der Waals surface area contributed by atoms with Crippen LogP contribution in [0.3, 0.4) is 0 Å². The van der Waals surface area contributed by atoms with Crippen molar-refractivity contribution < 1.29 is 27.8 Å². The maximum atomic E-state index is 13.6. The fourth-order valence-electron chi connectivity index (χ4n) is 3.38. The molecule has 0 saturated carbocycles. The van der Waals surface area contributed by atoms with E-state index in [1.54, 1.807) is 12.1 Å². The van der Waals surface area contributed by atoms with E-state index in [4.69, 9.17) is 11.6 Å². The third-order valence-electron chi connectivity index (χ3n) is 5.11. The molecule has 9 heteroatoms. The van der Waals surface area contributed by atoms with E-state index in [2.05, 4.69) is 4.72 Å². The highest BCUT2D eigenvalue weighted by Gasteiger charge is 2.22. The van der Waals surface area contributed by atoms with Crippen molar-refractivity contribution in [2.45, 2.75) is 4.90 Å². The molecule has 0 aromatic heterocycles. The lowest BCUT2D eigenvalue weighted by Crippen LogP contribution is -2.14. The zero-order chi connectivity index (χ0) is 24.5. The molecule has 34 heavy (non-hydrogen) atoms. The van der Waals surface area contributed by atoms with Gasteiger partial charge in [0, 0.05) is 0 Å². The molecule has 4 rings (SSSR count). The van der Waals surface area contributed by atoms with Gasteiger partial charge in [0.15, 0.2) is 5.75 Å². The van der Waals surface area contributed by atoms with Gasteiger partial charge in [0.1, 0.15) is 11.4 Å². The van der Waals surface area contributed by atoms with Crippen molar-refractivity contribution in [3.63, 3.8) is 0 Å². The lowest BCUT2D eigenvalue weighted by atomic mass is 10.0. The van der Waals surface area contributed by atoms with Crippen LogP contribution in [0.15, 0.2) is 89.8 Å². The molecule has 0 aliphatic rings. The van der Waals surface area contributed by atoms with E-state index in [-0.39, 0.29) is 21.2 Å². The minimum atomic E-state index is -4.18. The van der Waals surface area contributed by atoms with Crippen LogP contribution in [0.4, 0.5) is 10.1 Å². The van der Waals surface area contributed by atoms with E-state index in [1.165, 1.54) is 30.3 Å². The maximum Gasteiger partial charge on any atom is 0.339 e. The summed E-state index contributed by atoms with van der Waals surface area (Å²) < 4.78 is 41.8. The molecule has 4 aromatic rings. The summed E-state index contributed by atoms with van der Waals surface area (Å²) in [5.41, 5.74) is 1.40. The fraction of sp³-hybridized carbons (Fsp3) is 0. The number of aromatic carboxylic acids is 1. The topological polar surface area (TPSA) is 104 Å². The maximum absolute atomic E-state index is 13.6. The van der Waals surface area contributed by atoms with Gasteiger partial charge in [-0.15, -0.1) is 0 Å². The van der Waals surface area contributed by atoms with Gasteiger partial charge in [0.2, 0.25) is 0 Å². The summed E-state index contributed by atoms with van der Waals surface area (Å²) in [5, 5.41) is 19.7. The molecule has 4 aromatic carbocycles. The summed E-state index contributed by atoms with van der Waals surface area (Å²) in [6.45, 7) is 0. The fourth-order valence-corrected chi connectivity index (χ4v) is 4.62. The Morgan fingerprint density at radius 3 is 2.06 bits per heavy atom. The number of hydrogen-bond donors (Lipinski definition) is 3. The molecule has 172 valence electrons. The van der Waals surface area contributed by atoms with Gasteiger partial charge >= 0.3 is 5.97 Å². The third kappa shape index (κ3) is 4.73. The van der Waals surface area contributed by atoms with Crippen molar-refractivity contribution in [3.05, 3.63) is 101 Å². The first-order valence-electron chi connectivity index (χ1n) is 9.90. The molecule has 0 amide bonds. The number of carbonyl (C=O) groups is 1. The van der Waals surface area contributed by atoms with Gasteiger partial charge in [-0.05, 0) is 58.7 Å². The highest BCUT2D eigenvalue weighted by molar-refractivity contribution is 7.92. The van der Waals surface area contributed by atoms with E-state index in [0.717, 1.165) is 23.3 Å². The third-order valence-corrected chi connectivity index (χ3v) is 6.78. The highest BCUT2D eigenvalue weighted by Crippen LogP contribution is 2.36. The minimum Gasteiger partial charge on any atom is -0.505 e. The van der Waals surface area contributed by atoms with Crippen molar-refractivity contribution in [3.8, 4) is 28.0 Å². The number of hydrogen-bond acceptors (Lipinski definition) is 4. The van der Waals surface area contributed by atoms with Gasteiger partial charge in [-0.2, -0.15) is 0 Å². The molecule has 0 spiro atoms. The number of nitrogens with one attached hydrogen (secondary N) is 1. The molecular formula is C25H17ClFNO5S. The van der Waals surface area contributed by atoms with Crippen molar-refractivity contribution in [2.24, 2.45) is 0 Å². The molecule has 0 heterocycles. The largest absolute Gasteiger partial charge is 0.505 e. The Labute approximate surface area is 199 Å². The smallest absolute Gasteiger partial charge is 0.339 e. The zero-order valence-electron chi connectivity index (χ0n) is 17.4. The Bertz CT molecular complexity index is 1490. The van der Waals surface area contributed by atoms with Crippen molar-refractivity contribution in [1.29, 1.82) is 0 Å². The van der Waals surface area contributed by atoms with Crippen molar-refractivity contribution in [1.82, 2.24) is 0 Å². The van der Waals surface area contributed by atoms with Crippen molar-refractivity contribution >= 4 is 33.3 Å². The van der Waals surface area contributed by atoms with Gasteiger partial charge in [0.05, 0.1) is 15.6 Å². The van der Waals surface area contributed by atoms with Crippen molar-refractivity contribution in [2.75, 3.05) is 4.72 Å². The first-order valence-corrected chi connectivity index (χ1v) is 11.8. The second-order valence-electron chi connectivity index (χ2n) is 7.35. The second-order valence-corrected chi connectivity index (χ2v) is 9.44. The lowest BCUT2D eigenvalue weighted by Gasteiger charge is -2.14. The van der Waals surface area contributed by atoms with Crippen LogP contribution < -0.4 is 4.72 Å². The van der Waals surface area contributed by atoms with Crippen LogP contribution in [0, 0.1) is 5.82 Å². The minimum absolute atomic E-state index is 0.0846. The number of halogens is 2. The Morgan fingerprint density at radius 2 is 1.44 bits per heavy atom. The van der Waals surface area contributed by atoms with Crippen LogP contribution in [-0.2, 0) is 10.0 Å². The molecule has 6 nitrogen and oxygen atoms in total. The predicted octanol–water partition coefficient (Wildman–Crippen LogP) is 6.02. The van der Waals surface area contributed by atoms with E-state index in [0.29, 0.717) is 5.56 Å². The first-order chi connectivity index (χ1) is 16.2. The van der Waals surface area contributed by atoms with Gasteiger partial charge in [-0.25, -0.2) is 17.6 Å². The number of anilines is 1. The Hall–Kier alpha value is -3.88. The average molecular weight is 498 g/mol. The Balaban J connectivity index is 1.72. The second kappa shape index (κ2) is 9.17. The summed E-state index contributed by atoms with van der Waals surface area (Å²) in [6.07, 6.45) is 0. The first kappa shape index (κ1) is 23.3. The molecule has 0 radical (unpaired) electrons. The van der Waals surface area contributed by atoms with E-state index in [1.807, 2.05) is 30.3 Å². The molecule has 0 aliphatic heterocycles. The van der Waals surface area contributed by atoms with Crippen LogP contribution in [0.1, 0.15) is 10.4 Å². The molecule has 0 unspecified atom stereocenters. The Kier molecular flexibility index (Phi) is 6.28. The zero-order valence-corrected chi connectivity index (χ0v) is 18.9. The SMILES string of the molecule is O=C(O)c1cc(-c2ccc(F)c(Cl)c2)cc(NS(=O)(=O)c2ccc(-c3ccccc3)cc2)c1O. The number of phenols is 1. The summed E-state index contributed by atoms with van der Waals surface area (Å²) in [4.78, 5) is 11.6. The number of sulfonamides is 1. The summed E-state index contributed by atoms with van der Waals surface area (Å²) in [6, 6.07) is 21.6. The standard InChI is InChI=1S/C25H17ClFNO5S/c26-21-13-17(8-11-22(21)27)18-12-20(25(30)31)24(29)23(14-18)28-34(32,33)19-9-6-16(7-10-19)15-4-2-1-3-5-15/h1-14,28-29H,(H,30,31). The number of aromatic hydroxyl groups is 1. The molecular weight excluding hydrogens is 481 g/mol. The molecule has 3 N–H and O–H groups in total. The van der Waals surface area contributed by atoms with E-state index < -0.39 is 33.1 Å². The number of carboxylic acid groups (broad SMARTS) is 1. The quantitative estimate of drug-likeness (QED) is 0.283. The van der Waals surface area contributed by atoms with Gasteiger partial charge in [0.25, 0.3) is 10.0 Å². The molecule has 0 bridgehead atoms. The average Bonchev–Trinajstić information content (AvgIpc) is 2.82. The van der Waals surface area contributed by atoms with Gasteiger partial charge in [-0.1, -0.05) is 60.1 Å². The molecule has 0 saturated heterocycles. The lowest BCUT2D eigenvalue weighted by molar-refractivity contribution is 0.0694. The van der Waals surface area contributed by atoms with Crippen LogP contribution in [0.5, 0.6) is 5.75 Å². The summed E-state index contributed by atoms with van der Waals surface area (Å²) >= 11 is 5.83. The number of benzene rings is 4. The molecule has 0 fully saturated rings. The van der Waals surface area contributed by atoms with Gasteiger partial charge in [-0.3, -0.25) is 4.72 Å². The van der Waals surface area contributed by atoms with Crippen LogP contribution in [-0.4, -0.2) is 24.6 Å². The summed E-state index contributed by atoms with van der Waals surface area (Å²) in [7, 11) is -4.18. The number of rotatable bonds is 6. The predicted molar refractivity (Wildman–Crippen MR) is 128 cm³/mol. The molecule has 0 atom stereocenters. The highest BCUT2D eigenvalue weighted by atomic mass is 35.5.